The molecule has 130 valence electrons. The minimum absolute atomic E-state index is 0. The number of amides is 1. The number of piperazine rings is 1. The van der Waals surface area contributed by atoms with Crippen molar-refractivity contribution < 1.29 is 4.79 Å². The van der Waals surface area contributed by atoms with Crippen LogP contribution in [0.15, 0.2) is 16.9 Å². The summed E-state index contributed by atoms with van der Waals surface area (Å²) in [7, 11) is 1.64. The van der Waals surface area contributed by atoms with Gasteiger partial charge in [0.25, 0.3) is 5.56 Å². The maximum Gasteiger partial charge on any atom is 0.276 e. The van der Waals surface area contributed by atoms with E-state index in [9.17, 15) is 9.59 Å². The molecule has 2 aliphatic heterocycles. The van der Waals surface area contributed by atoms with Gasteiger partial charge in [-0.1, -0.05) is 0 Å². The van der Waals surface area contributed by atoms with Gasteiger partial charge in [0.15, 0.2) is 0 Å². The highest BCUT2D eigenvalue weighted by atomic mass is 35.5. The van der Waals surface area contributed by atoms with Crippen molar-refractivity contribution >= 4 is 40.7 Å². The summed E-state index contributed by atoms with van der Waals surface area (Å²) in [5, 5.41) is 15.2. The second-order valence-electron chi connectivity index (χ2n) is 6.23. The Hall–Kier alpha value is -2.63. The van der Waals surface area contributed by atoms with Crippen LogP contribution >= 0.6 is 12.4 Å². The Kier molecular flexibility index (Phi) is 4.14. The molecule has 2 N–H and O–H groups in total. The van der Waals surface area contributed by atoms with Gasteiger partial charge in [0.05, 0.1) is 11.2 Å². The molecule has 0 bridgehead atoms. The first-order valence-electron chi connectivity index (χ1n) is 7.76. The van der Waals surface area contributed by atoms with Crippen molar-refractivity contribution in [3.05, 3.63) is 28.2 Å². The van der Waals surface area contributed by atoms with Gasteiger partial charge in [-0.15, -0.1) is 12.4 Å². The van der Waals surface area contributed by atoms with Crippen LogP contribution in [0, 0.1) is 11.3 Å². The Balaban J connectivity index is 0.00000182. The maximum atomic E-state index is 12.7. The number of carbonyl (C=O) groups excluding carboxylic acids is 1. The van der Waals surface area contributed by atoms with Crippen LogP contribution in [0.1, 0.15) is 12.6 Å². The third kappa shape index (κ3) is 2.44. The molecule has 0 spiro atoms. The van der Waals surface area contributed by atoms with Gasteiger partial charge in [0, 0.05) is 26.2 Å². The molecule has 2 aliphatic rings. The van der Waals surface area contributed by atoms with Crippen LogP contribution in [0.3, 0.4) is 0 Å². The van der Waals surface area contributed by atoms with E-state index in [4.69, 9.17) is 5.26 Å². The highest BCUT2D eigenvalue weighted by molar-refractivity contribution is 6.09. The molecule has 2 atom stereocenters. The average molecular weight is 361 g/mol. The minimum Gasteiger partial charge on any atom is -0.353 e. The summed E-state index contributed by atoms with van der Waals surface area (Å²) in [6.45, 7) is 3.12. The summed E-state index contributed by atoms with van der Waals surface area (Å²) >= 11 is 0. The van der Waals surface area contributed by atoms with Gasteiger partial charge in [0.1, 0.15) is 29.0 Å². The van der Waals surface area contributed by atoms with Crippen molar-refractivity contribution in [2.45, 2.75) is 19.0 Å². The SMILES string of the molecule is C[C@@H]1CN2c3c(c(=O)n(C)c4ccc(C#N)nc34)NC(=O)[C@H]2CN1.Cl. The van der Waals surface area contributed by atoms with Gasteiger partial charge in [-0.25, -0.2) is 4.98 Å². The second-order valence-corrected chi connectivity index (χ2v) is 6.23. The molecule has 2 aromatic heterocycles. The zero-order valence-corrected chi connectivity index (χ0v) is 14.6. The van der Waals surface area contributed by atoms with E-state index in [1.165, 1.54) is 4.57 Å². The molecule has 0 unspecified atom stereocenters. The summed E-state index contributed by atoms with van der Waals surface area (Å²) in [4.78, 5) is 31.5. The molecule has 8 nitrogen and oxygen atoms in total. The number of nitrogens with zero attached hydrogens (tertiary/aromatic N) is 4. The molecular formula is C16H17ClN6O2. The van der Waals surface area contributed by atoms with E-state index in [2.05, 4.69) is 15.6 Å². The molecule has 2 aromatic rings. The predicted octanol–water partition coefficient (Wildman–Crippen LogP) is 0.346. The molecule has 0 saturated carbocycles. The molecule has 0 radical (unpaired) electrons. The molecule has 4 heterocycles. The number of pyridine rings is 2. The lowest BCUT2D eigenvalue weighted by Crippen LogP contribution is -2.62. The smallest absolute Gasteiger partial charge is 0.276 e. The van der Waals surface area contributed by atoms with Crippen LogP contribution in [0.4, 0.5) is 11.4 Å². The van der Waals surface area contributed by atoms with Gasteiger partial charge in [0.2, 0.25) is 5.91 Å². The number of carbonyl (C=O) groups is 1. The van der Waals surface area contributed by atoms with Gasteiger partial charge in [-0.2, -0.15) is 5.26 Å². The van der Waals surface area contributed by atoms with Crippen LogP contribution in [0.5, 0.6) is 0 Å². The van der Waals surface area contributed by atoms with Crippen LogP contribution in [-0.2, 0) is 11.8 Å². The first-order valence-corrected chi connectivity index (χ1v) is 7.76. The number of fused-ring (bicyclic) bond motifs is 5. The number of hydrogen-bond donors (Lipinski definition) is 2. The number of nitriles is 1. The molecule has 0 aromatic carbocycles. The monoisotopic (exact) mass is 360 g/mol. The molecule has 9 heteroatoms. The summed E-state index contributed by atoms with van der Waals surface area (Å²) in [6.07, 6.45) is 0. The lowest BCUT2D eigenvalue weighted by molar-refractivity contribution is -0.117. The minimum atomic E-state index is -0.392. The number of anilines is 2. The van der Waals surface area contributed by atoms with Crippen LogP contribution < -0.4 is 21.1 Å². The Bertz CT molecular complexity index is 979. The van der Waals surface area contributed by atoms with Crippen LogP contribution in [-0.4, -0.2) is 40.6 Å². The Morgan fingerprint density at radius 1 is 1.36 bits per heavy atom. The molecule has 1 saturated heterocycles. The first-order chi connectivity index (χ1) is 11.5. The number of aromatic nitrogens is 2. The number of nitrogens with one attached hydrogen (secondary N) is 2. The molecular weight excluding hydrogens is 344 g/mol. The highest BCUT2D eigenvalue weighted by Crippen LogP contribution is 2.36. The summed E-state index contributed by atoms with van der Waals surface area (Å²) in [6, 6.07) is 5.13. The Labute approximate surface area is 149 Å². The molecule has 0 aliphatic carbocycles. The molecule has 4 rings (SSSR count). The molecule has 1 amide bonds. The van der Waals surface area contributed by atoms with Gasteiger partial charge < -0.3 is 20.1 Å². The van der Waals surface area contributed by atoms with Crippen molar-refractivity contribution in [3.8, 4) is 6.07 Å². The second kappa shape index (κ2) is 6.02. The van der Waals surface area contributed by atoms with Crippen molar-refractivity contribution in [3.63, 3.8) is 0 Å². The van der Waals surface area contributed by atoms with Crippen molar-refractivity contribution in [1.29, 1.82) is 5.26 Å². The van der Waals surface area contributed by atoms with Gasteiger partial charge >= 0.3 is 0 Å². The summed E-state index contributed by atoms with van der Waals surface area (Å²) in [5.74, 6) is -0.199. The lowest BCUT2D eigenvalue weighted by atomic mass is 10.0. The van der Waals surface area contributed by atoms with Crippen LogP contribution in [0.2, 0.25) is 0 Å². The quantitative estimate of drug-likeness (QED) is 0.702. The fraction of sp³-hybridized carbons (Fsp3) is 0.375. The van der Waals surface area contributed by atoms with E-state index in [-0.39, 0.29) is 41.3 Å². The zero-order valence-electron chi connectivity index (χ0n) is 13.7. The van der Waals surface area contributed by atoms with E-state index in [1.54, 1.807) is 19.2 Å². The van der Waals surface area contributed by atoms with Crippen molar-refractivity contribution in [1.82, 2.24) is 14.9 Å². The van der Waals surface area contributed by atoms with E-state index in [1.807, 2.05) is 17.9 Å². The topological polar surface area (TPSA) is 103 Å². The first kappa shape index (κ1) is 17.2. The summed E-state index contributed by atoms with van der Waals surface area (Å²) < 4.78 is 1.45. The van der Waals surface area contributed by atoms with E-state index in [0.29, 0.717) is 29.8 Å². The zero-order chi connectivity index (χ0) is 17.0. The highest BCUT2D eigenvalue weighted by Gasteiger charge is 2.39. The maximum absolute atomic E-state index is 12.7. The Morgan fingerprint density at radius 3 is 2.84 bits per heavy atom. The number of hydrogen-bond acceptors (Lipinski definition) is 6. The standard InChI is InChI=1S/C16H16N6O2.ClH/c1-8-7-22-11(6-18-8)15(23)20-13-14(22)12-10(21(2)16(13)24)4-3-9(5-17)19-12;/h3-4,8,11,18H,6-7H2,1-2H3,(H,20,23);1H/t8-,11-;/m1./s1. The van der Waals surface area contributed by atoms with Crippen molar-refractivity contribution in [2.75, 3.05) is 23.3 Å². The largest absolute Gasteiger partial charge is 0.353 e. The van der Waals surface area contributed by atoms with E-state index < -0.39 is 6.04 Å². The number of aryl methyl sites for hydroxylation is 1. The molecule has 25 heavy (non-hydrogen) atoms. The third-order valence-electron chi connectivity index (χ3n) is 4.67. The van der Waals surface area contributed by atoms with Gasteiger partial charge in [-0.3, -0.25) is 9.59 Å². The fourth-order valence-electron chi connectivity index (χ4n) is 3.45. The summed E-state index contributed by atoms with van der Waals surface area (Å²) in [5.41, 5.74) is 2.05. The van der Waals surface area contributed by atoms with E-state index in [0.717, 1.165) is 0 Å². The van der Waals surface area contributed by atoms with Gasteiger partial charge in [-0.05, 0) is 19.1 Å². The van der Waals surface area contributed by atoms with E-state index >= 15 is 0 Å². The van der Waals surface area contributed by atoms with Crippen molar-refractivity contribution in [2.24, 2.45) is 7.05 Å². The normalized spacial score (nSPS) is 21.6. The average Bonchev–Trinajstić information content (AvgIpc) is 2.58. The molecule has 1 fully saturated rings. The lowest BCUT2D eigenvalue weighted by Gasteiger charge is -2.43. The van der Waals surface area contributed by atoms with Crippen LogP contribution in [0.25, 0.3) is 11.0 Å². The Morgan fingerprint density at radius 2 is 2.12 bits per heavy atom. The number of rotatable bonds is 0. The fourth-order valence-corrected chi connectivity index (χ4v) is 3.45. The predicted molar refractivity (Wildman–Crippen MR) is 96.2 cm³/mol. The third-order valence-corrected chi connectivity index (χ3v) is 4.67. The number of halogens is 1.